The van der Waals surface area contributed by atoms with E-state index in [1.54, 1.807) is 0 Å². The highest BCUT2D eigenvalue weighted by Crippen LogP contribution is 2.37. The first-order valence-electron chi connectivity index (χ1n) is 9.09. The summed E-state index contributed by atoms with van der Waals surface area (Å²) in [5.41, 5.74) is 3.26. The molecule has 0 amide bonds. The Hall–Kier alpha value is -2.46. The van der Waals surface area contributed by atoms with Gasteiger partial charge in [-0.15, -0.1) is 0 Å². The highest BCUT2D eigenvalue weighted by atomic mass is 16.1. The van der Waals surface area contributed by atoms with Crippen molar-refractivity contribution < 1.29 is 0 Å². The van der Waals surface area contributed by atoms with Gasteiger partial charge in [0, 0.05) is 32.0 Å². The van der Waals surface area contributed by atoms with Crippen LogP contribution in [0.4, 0.5) is 0 Å². The molecule has 1 aliphatic heterocycles. The van der Waals surface area contributed by atoms with Gasteiger partial charge in [0.15, 0.2) is 0 Å². The molecule has 2 aromatic carbocycles. The molecule has 1 N–H and O–H groups in total. The number of benzene rings is 2. The SMILES string of the molecule is O=c1[nH]c(C2CC2)nc2c1CN(Cc1cccc3ccccc13)CC2. The summed E-state index contributed by atoms with van der Waals surface area (Å²) in [4.78, 5) is 22.6. The Morgan fingerprint density at radius 3 is 2.84 bits per heavy atom. The maximum Gasteiger partial charge on any atom is 0.255 e. The van der Waals surface area contributed by atoms with Gasteiger partial charge in [-0.25, -0.2) is 4.98 Å². The van der Waals surface area contributed by atoms with E-state index in [4.69, 9.17) is 4.98 Å². The predicted octanol–water partition coefficient (Wildman–Crippen LogP) is 3.36. The van der Waals surface area contributed by atoms with Crippen molar-refractivity contribution in [2.45, 2.75) is 38.3 Å². The summed E-state index contributed by atoms with van der Waals surface area (Å²) in [7, 11) is 0. The van der Waals surface area contributed by atoms with Gasteiger partial charge in [0.2, 0.25) is 0 Å². The van der Waals surface area contributed by atoms with Crippen LogP contribution in [0.25, 0.3) is 10.8 Å². The molecule has 25 heavy (non-hydrogen) atoms. The lowest BCUT2D eigenvalue weighted by Gasteiger charge is -2.28. The van der Waals surface area contributed by atoms with Crippen LogP contribution in [-0.4, -0.2) is 21.4 Å². The normalized spacial score (nSPS) is 17.6. The molecule has 1 aliphatic carbocycles. The lowest BCUT2D eigenvalue weighted by Crippen LogP contribution is -2.35. The molecule has 3 aromatic rings. The van der Waals surface area contributed by atoms with E-state index >= 15 is 0 Å². The second kappa shape index (κ2) is 5.81. The van der Waals surface area contributed by atoms with Crippen molar-refractivity contribution in [2.24, 2.45) is 0 Å². The highest BCUT2D eigenvalue weighted by Gasteiger charge is 2.29. The van der Waals surface area contributed by atoms with Gasteiger partial charge in [0.25, 0.3) is 5.56 Å². The molecule has 0 bridgehead atoms. The number of hydrogen-bond acceptors (Lipinski definition) is 3. The Morgan fingerprint density at radius 2 is 1.96 bits per heavy atom. The summed E-state index contributed by atoms with van der Waals surface area (Å²) in [6, 6.07) is 15.0. The molecule has 0 spiro atoms. The Morgan fingerprint density at radius 1 is 1.12 bits per heavy atom. The van der Waals surface area contributed by atoms with Crippen LogP contribution in [0, 0.1) is 0 Å². The van der Waals surface area contributed by atoms with Crippen LogP contribution in [0.3, 0.4) is 0 Å². The fourth-order valence-electron chi connectivity index (χ4n) is 3.86. The number of fused-ring (bicyclic) bond motifs is 2. The molecule has 1 fully saturated rings. The van der Waals surface area contributed by atoms with Crippen LogP contribution in [0.1, 0.15) is 41.4 Å². The van der Waals surface area contributed by atoms with Crippen molar-refractivity contribution in [3.63, 3.8) is 0 Å². The van der Waals surface area contributed by atoms with Gasteiger partial charge in [-0.1, -0.05) is 42.5 Å². The van der Waals surface area contributed by atoms with Gasteiger partial charge in [-0.2, -0.15) is 0 Å². The lowest BCUT2D eigenvalue weighted by atomic mass is 10.0. The van der Waals surface area contributed by atoms with Crippen LogP contribution >= 0.6 is 0 Å². The summed E-state index contributed by atoms with van der Waals surface area (Å²) >= 11 is 0. The highest BCUT2D eigenvalue weighted by molar-refractivity contribution is 5.85. The van der Waals surface area contributed by atoms with Crippen LogP contribution in [-0.2, 0) is 19.5 Å². The minimum atomic E-state index is 0.0644. The Labute approximate surface area is 146 Å². The summed E-state index contributed by atoms with van der Waals surface area (Å²) in [6.45, 7) is 2.51. The molecule has 2 aliphatic rings. The number of hydrogen-bond donors (Lipinski definition) is 1. The van der Waals surface area contributed by atoms with Crippen molar-refractivity contribution in [2.75, 3.05) is 6.54 Å². The second-order valence-corrected chi connectivity index (χ2v) is 7.25. The summed E-state index contributed by atoms with van der Waals surface area (Å²) in [6.07, 6.45) is 3.19. The zero-order chi connectivity index (χ0) is 16.8. The first kappa shape index (κ1) is 14.8. The van der Waals surface area contributed by atoms with Crippen molar-refractivity contribution in [3.8, 4) is 0 Å². The lowest BCUT2D eigenvalue weighted by molar-refractivity contribution is 0.242. The molecular weight excluding hydrogens is 310 g/mol. The van der Waals surface area contributed by atoms with Crippen molar-refractivity contribution in [1.82, 2.24) is 14.9 Å². The smallest absolute Gasteiger partial charge is 0.255 e. The summed E-state index contributed by atoms with van der Waals surface area (Å²) in [5, 5.41) is 2.57. The number of nitrogens with zero attached hydrogens (tertiary/aromatic N) is 2. The zero-order valence-corrected chi connectivity index (χ0v) is 14.2. The van der Waals surface area contributed by atoms with Gasteiger partial charge < -0.3 is 4.98 Å². The molecule has 0 unspecified atom stereocenters. The molecule has 0 radical (unpaired) electrons. The first-order valence-corrected chi connectivity index (χ1v) is 9.09. The molecule has 4 heteroatoms. The fraction of sp³-hybridized carbons (Fsp3) is 0.333. The van der Waals surface area contributed by atoms with E-state index < -0.39 is 0 Å². The topological polar surface area (TPSA) is 49.0 Å². The van der Waals surface area contributed by atoms with Gasteiger partial charge in [0.05, 0.1) is 11.3 Å². The van der Waals surface area contributed by atoms with Gasteiger partial charge in [-0.3, -0.25) is 9.69 Å². The van der Waals surface area contributed by atoms with Crippen LogP contribution in [0.15, 0.2) is 47.3 Å². The van der Waals surface area contributed by atoms with E-state index in [9.17, 15) is 4.79 Å². The maximum absolute atomic E-state index is 12.5. The van der Waals surface area contributed by atoms with Gasteiger partial charge in [0.1, 0.15) is 5.82 Å². The van der Waals surface area contributed by atoms with E-state index in [-0.39, 0.29) is 5.56 Å². The maximum atomic E-state index is 12.5. The van der Waals surface area contributed by atoms with Crippen molar-refractivity contribution in [1.29, 1.82) is 0 Å². The third-order valence-corrected chi connectivity index (χ3v) is 5.40. The fourth-order valence-corrected chi connectivity index (χ4v) is 3.86. The van der Waals surface area contributed by atoms with E-state index in [2.05, 4.69) is 52.3 Å². The summed E-state index contributed by atoms with van der Waals surface area (Å²) in [5.74, 6) is 1.40. The Bertz CT molecular complexity index is 998. The Balaban J connectivity index is 1.43. The molecular formula is C21H21N3O. The Kier molecular flexibility index (Phi) is 3.45. The van der Waals surface area contributed by atoms with Crippen LogP contribution in [0.2, 0.25) is 0 Å². The molecule has 1 aromatic heterocycles. The van der Waals surface area contributed by atoms with E-state index in [1.165, 1.54) is 16.3 Å². The average molecular weight is 331 g/mol. The average Bonchev–Trinajstić information content (AvgIpc) is 3.48. The molecule has 4 nitrogen and oxygen atoms in total. The van der Waals surface area contributed by atoms with Crippen molar-refractivity contribution in [3.05, 3.63) is 75.5 Å². The minimum Gasteiger partial charge on any atom is -0.310 e. The summed E-state index contributed by atoms with van der Waals surface area (Å²) < 4.78 is 0. The van der Waals surface area contributed by atoms with Crippen LogP contribution in [0.5, 0.6) is 0 Å². The molecule has 0 atom stereocenters. The zero-order valence-electron chi connectivity index (χ0n) is 14.2. The largest absolute Gasteiger partial charge is 0.310 e. The third kappa shape index (κ3) is 2.76. The number of aromatic nitrogens is 2. The number of rotatable bonds is 3. The predicted molar refractivity (Wildman–Crippen MR) is 98.6 cm³/mol. The number of H-pyrrole nitrogens is 1. The molecule has 0 saturated heterocycles. The standard InChI is InChI=1S/C21H21N3O/c25-21-18-13-24(11-10-19(18)22-20(23-21)15-8-9-15)12-16-6-3-5-14-4-1-2-7-17(14)16/h1-7,15H,8-13H2,(H,22,23,25). The van der Waals surface area contributed by atoms with Gasteiger partial charge in [-0.05, 0) is 29.2 Å². The van der Waals surface area contributed by atoms with Crippen molar-refractivity contribution >= 4 is 10.8 Å². The van der Waals surface area contributed by atoms with E-state index in [0.717, 1.165) is 49.4 Å². The molecule has 5 rings (SSSR count). The molecule has 2 heterocycles. The van der Waals surface area contributed by atoms with Gasteiger partial charge >= 0.3 is 0 Å². The second-order valence-electron chi connectivity index (χ2n) is 7.25. The van der Waals surface area contributed by atoms with E-state index in [1.807, 2.05) is 0 Å². The monoisotopic (exact) mass is 331 g/mol. The quantitative estimate of drug-likeness (QED) is 0.800. The minimum absolute atomic E-state index is 0.0644. The molecule has 126 valence electrons. The van der Waals surface area contributed by atoms with Crippen LogP contribution < -0.4 is 5.56 Å². The third-order valence-electron chi connectivity index (χ3n) is 5.40. The first-order chi connectivity index (χ1) is 12.3. The molecule has 1 saturated carbocycles. The van der Waals surface area contributed by atoms with E-state index in [0.29, 0.717) is 12.5 Å². The number of aromatic amines is 1. The number of nitrogens with one attached hydrogen (secondary N) is 1.